The molecule has 0 radical (unpaired) electrons. The summed E-state index contributed by atoms with van der Waals surface area (Å²) in [4.78, 5) is 11.1. The molecule has 6 heteroatoms. The fourth-order valence-electron chi connectivity index (χ4n) is 1.50. The Morgan fingerprint density at radius 3 is 2.64 bits per heavy atom. The Labute approximate surface area is 83.5 Å². The molecule has 1 fully saturated rings. The summed E-state index contributed by atoms with van der Waals surface area (Å²) in [6.07, 6.45) is 2.13. The number of carbonyl (C=O) groups is 1. The van der Waals surface area contributed by atoms with Gasteiger partial charge < -0.3 is 10.5 Å². The first-order valence-electron chi connectivity index (χ1n) is 4.34. The highest BCUT2D eigenvalue weighted by atomic mass is 32.2. The second-order valence-electron chi connectivity index (χ2n) is 3.85. The summed E-state index contributed by atoms with van der Waals surface area (Å²) in [5, 5.41) is 0. The van der Waals surface area contributed by atoms with Gasteiger partial charge in [-0.1, -0.05) is 0 Å². The first kappa shape index (κ1) is 11.5. The van der Waals surface area contributed by atoms with Crippen molar-refractivity contribution < 1.29 is 17.9 Å². The lowest BCUT2D eigenvalue weighted by molar-refractivity contribution is -0.143. The Balaban J connectivity index is 2.43. The van der Waals surface area contributed by atoms with Gasteiger partial charge in [0.25, 0.3) is 0 Å². The van der Waals surface area contributed by atoms with E-state index in [4.69, 9.17) is 5.73 Å². The summed E-state index contributed by atoms with van der Waals surface area (Å²) in [6.45, 7) is 0. The lowest BCUT2D eigenvalue weighted by Crippen LogP contribution is -2.36. The van der Waals surface area contributed by atoms with Crippen LogP contribution >= 0.6 is 0 Å². The van der Waals surface area contributed by atoms with Gasteiger partial charge in [0.1, 0.15) is 15.4 Å². The largest absolute Gasteiger partial charge is 0.468 e. The minimum atomic E-state index is -2.97. The van der Waals surface area contributed by atoms with Gasteiger partial charge in [-0.25, -0.2) is 8.42 Å². The summed E-state index contributed by atoms with van der Waals surface area (Å²) in [7, 11) is -1.69. The number of sulfone groups is 1. The van der Waals surface area contributed by atoms with Crippen LogP contribution < -0.4 is 5.73 Å². The molecule has 1 aliphatic rings. The monoisotopic (exact) mass is 221 g/mol. The van der Waals surface area contributed by atoms with Crippen molar-refractivity contribution in [3.63, 3.8) is 0 Å². The molecule has 2 N–H and O–H groups in total. The topological polar surface area (TPSA) is 86.5 Å². The number of methoxy groups -OCH3 is 1. The van der Waals surface area contributed by atoms with E-state index >= 15 is 0 Å². The summed E-state index contributed by atoms with van der Waals surface area (Å²) in [5.74, 6) is -0.422. The number of nitrogens with two attached hydrogens (primary N) is 1. The van der Waals surface area contributed by atoms with Crippen LogP contribution in [0.2, 0.25) is 0 Å². The number of ether oxygens (including phenoxy) is 1. The van der Waals surface area contributed by atoms with Crippen molar-refractivity contribution in [2.45, 2.75) is 18.4 Å². The zero-order valence-electron chi connectivity index (χ0n) is 8.32. The van der Waals surface area contributed by atoms with E-state index in [1.165, 1.54) is 13.4 Å². The first-order chi connectivity index (χ1) is 6.29. The van der Waals surface area contributed by atoms with Crippen LogP contribution in [-0.2, 0) is 19.4 Å². The smallest absolute Gasteiger partial charge is 0.326 e. The van der Waals surface area contributed by atoms with E-state index in [1.807, 2.05) is 0 Å². The van der Waals surface area contributed by atoms with E-state index in [1.54, 1.807) is 0 Å². The van der Waals surface area contributed by atoms with Gasteiger partial charge in [0, 0.05) is 6.26 Å². The van der Waals surface area contributed by atoms with Gasteiger partial charge in [0.15, 0.2) is 0 Å². The average molecular weight is 221 g/mol. The highest BCUT2D eigenvalue weighted by molar-refractivity contribution is 7.90. The van der Waals surface area contributed by atoms with Crippen molar-refractivity contribution in [1.82, 2.24) is 0 Å². The first-order valence-corrected chi connectivity index (χ1v) is 6.40. The van der Waals surface area contributed by atoms with Crippen molar-refractivity contribution in [1.29, 1.82) is 0 Å². The molecule has 82 valence electrons. The van der Waals surface area contributed by atoms with Crippen LogP contribution in [0.4, 0.5) is 0 Å². The molecule has 0 aromatic heterocycles. The van der Waals surface area contributed by atoms with Gasteiger partial charge in [-0.2, -0.15) is 0 Å². The molecular weight excluding hydrogens is 206 g/mol. The third-order valence-corrected chi connectivity index (χ3v) is 3.53. The second kappa shape index (κ2) is 3.51. The molecule has 1 saturated carbocycles. The Kier molecular flexibility index (Phi) is 2.87. The maximum Gasteiger partial charge on any atom is 0.326 e. The third-order valence-electron chi connectivity index (χ3n) is 2.56. The van der Waals surface area contributed by atoms with Gasteiger partial charge >= 0.3 is 5.97 Å². The molecule has 0 amide bonds. The molecule has 0 aliphatic heterocycles. The highest BCUT2D eigenvalue weighted by Crippen LogP contribution is 2.44. The second-order valence-corrected chi connectivity index (χ2v) is 6.11. The Bertz CT molecular complexity index is 337. The minimum absolute atomic E-state index is 0.0512. The van der Waals surface area contributed by atoms with Crippen molar-refractivity contribution in [3.05, 3.63) is 0 Å². The Hall–Kier alpha value is -0.620. The van der Waals surface area contributed by atoms with Crippen LogP contribution in [0.1, 0.15) is 12.8 Å². The van der Waals surface area contributed by atoms with Crippen LogP contribution in [0.3, 0.4) is 0 Å². The molecule has 1 rings (SSSR count). The van der Waals surface area contributed by atoms with E-state index in [0.29, 0.717) is 12.8 Å². The van der Waals surface area contributed by atoms with Crippen molar-refractivity contribution in [3.8, 4) is 0 Å². The normalized spacial score (nSPS) is 31.2. The molecule has 2 unspecified atom stereocenters. The SMILES string of the molecule is COC(=O)C1(N)CC1CCS(C)(=O)=O. The zero-order chi connectivity index (χ0) is 11.0. The summed E-state index contributed by atoms with van der Waals surface area (Å²) < 4.78 is 26.2. The van der Waals surface area contributed by atoms with Gasteiger partial charge in [-0.3, -0.25) is 4.79 Å². The zero-order valence-corrected chi connectivity index (χ0v) is 9.13. The van der Waals surface area contributed by atoms with Gasteiger partial charge in [0.05, 0.1) is 12.9 Å². The molecular formula is C8H15NO4S. The van der Waals surface area contributed by atoms with E-state index in [9.17, 15) is 13.2 Å². The van der Waals surface area contributed by atoms with Crippen LogP contribution in [0.5, 0.6) is 0 Å². The summed E-state index contributed by atoms with van der Waals surface area (Å²) >= 11 is 0. The quantitative estimate of drug-likeness (QED) is 0.635. The van der Waals surface area contributed by atoms with Crippen molar-refractivity contribution in [2.75, 3.05) is 19.1 Å². The maximum absolute atomic E-state index is 11.1. The molecule has 2 atom stereocenters. The third kappa shape index (κ3) is 2.45. The van der Waals surface area contributed by atoms with Crippen LogP contribution in [0.15, 0.2) is 0 Å². The van der Waals surface area contributed by atoms with E-state index in [2.05, 4.69) is 4.74 Å². The molecule has 0 saturated heterocycles. The lowest BCUT2D eigenvalue weighted by Gasteiger charge is -2.07. The molecule has 0 heterocycles. The molecule has 1 aliphatic carbocycles. The highest BCUT2D eigenvalue weighted by Gasteiger charge is 2.57. The lowest BCUT2D eigenvalue weighted by atomic mass is 10.2. The minimum Gasteiger partial charge on any atom is -0.468 e. The molecule has 5 nitrogen and oxygen atoms in total. The van der Waals surface area contributed by atoms with Gasteiger partial charge in [0.2, 0.25) is 0 Å². The van der Waals surface area contributed by atoms with E-state index in [0.717, 1.165) is 0 Å². The van der Waals surface area contributed by atoms with Gasteiger partial charge in [-0.05, 0) is 18.8 Å². The number of hydrogen-bond donors (Lipinski definition) is 1. The molecule has 0 spiro atoms. The summed E-state index contributed by atoms with van der Waals surface area (Å²) in [5.41, 5.74) is 4.77. The average Bonchev–Trinajstić information content (AvgIpc) is 2.73. The van der Waals surface area contributed by atoms with Crippen LogP contribution in [-0.4, -0.2) is 39.0 Å². The molecule has 0 aromatic carbocycles. The predicted octanol–water partition coefficient (Wildman–Crippen LogP) is -0.688. The standard InChI is InChI=1S/C8H15NO4S/c1-13-7(10)8(9)5-6(8)3-4-14(2,11)12/h6H,3-5,9H2,1-2H3. The number of rotatable bonds is 4. The molecule has 0 aromatic rings. The van der Waals surface area contributed by atoms with Crippen LogP contribution in [0.25, 0.3) is 0 Å². The summed E-state index contributed by atoms with van der Waals surface area (Å²) in [6, 6.07) is 0. The molecule has 0 bridgehead atoms. The van der Waals surface area contributed by atoms with E-state index in [-0.39, 0.29) is 11.7 Å². The fraction of sp³-hybridized carbons (Fsp3) is 0.875. The number of carbonyl (C=O) groups excluding carboxylic acids is 1. The number of hydrogen-bond acceptors (Lipinski definition) is 5. The van der Waals surface area contributed by atoms with Gasteiger partial charge in [-0.15, -0.1) is 0 Å². The Morgan fingerprint density at radius 1 is 1.64 bits per heavy atom. The Morgan fingerprint density at radius 2 is 2.21 bits per heavy atom. The van der Waals surface area contributed by atoms with Crippen molar-refractivity contribution >= 4 is 15.8 Å². The maximum atomic E-state index is 11.1. The van der Waals surface area contributed by atoms with E-state index < -0.39 is 21.3 Å². The molecule has 14 heavy (non-hydrogen) atoms. The fourth-order valence-corrected chi connectivity index (χ4v) is 2.22. The van der Waals surface area contributed by atoms with Crippen molar-refractivity contribution in [2.24, 2.45) is 11.7 Å². The predicted molar refractivity (Wildman–Crippen MR) is 51.4 cm³/mol. The van der Waals surface area contributed by atoms with Crippen LogP contribution in [0, 0.1) is 5.92 Å². The number of esters is 1.